The molecule has 2 aromatic rings. The quantitative estimate of drug-likeness (QED) is 0.843. The number of thiazole rings is 1. The van der Waals surface area contributed by atoms with Crippen LogP contribution in [0, 0.1) is 24.2 Å². The minimum Gasteiger partial charge on any atom is -0.492 e. The average Bonchev–Trinajstić information content (AvgIpc) is 2.94. The van der Waals surface area contributed by atoms with Gasteiger partial charge < -0.3 is 14.9 Å². The van der Waals surface area contributed by atoms with E-state index in [0.717, 1.165) is 11.3 Å². The highest BCUT2D eigenvalue weighted by molar-refractivity contribution is 7.17. The summed E-state index contributed by atoms with van der Waals surface area (Å²) in [5.74, 6) is -0.603. The molecule has 1 aromatic carbocycles. The molecule has 0 aliphatic carbocycles. The summed E-state index contributed by atoms with van der Waals surface area (Å²) in [4.78, 5) is 15.5. The first-order valence-electron chi connectivity index (χ1n) is 6.95. The van der Waals surface area contributed by atoms with Crippen molar-refractivity contribution in [3.63, 3.8) is 0 Å². The maximum Gasteiger partial charge on any atom is 0.347 e. The van der Waals surface area contributed by atoms with Crippen molar-refractivity contribution in [3.05, 3.63) is 34.3 Å². The van der Waals surface area contributed by atoms with Gasteiger partial charge in [0, 0.05) is 18.1 Å². The average molecular weight is 332 g/mol. The maximum atomic E-state index is 11.1. The second-order valence-corrected chi connectivity index (χ2v) is 6.16. The predicted molar refractivity (Wildman–Crippen MR) is 85.7 cm³/mol. The first-order valence-corrected chi connectivity index (χ1v) is 7.76. The largest absolute Gasteiger partial charge is 0.492 e. The Morgan fingerprint density at radius 1 is 1.52 bits per heavy atom. The third-order valence-corrected chi connectivity index (χ3v) is 4.37. The summed E-state index contributed by atoms with van der Waals surface area (Å²) < 4.78 is 5.55. The number of nitriles is 1. The van der Waals surface area contributed by atoms with Gasteiger partial charge in [0.25, 0.3) is 0 Å². The summed E-state index contributed by atoms with van der Waals surface area (Å²) >= 11 is 1.07. The van der Waals surface area contributed by atoms with Gasteiger partial charge in [0.05, 0.1) is 17.9 Å². The molecule has 0 bridgehead atoms. The van der Waals surface area contributed by atoms with Crippen LogP contribution in [0.5, 0.6) is 5.75 Å². The van der Waals surface area contributed by atoms with Gasteiger partial charge in [-0.15, -0.1) is 11.3 Å². The van der Waals surface area contributed by atoms with E-state index in [-0.39, 0.29) is 17.4 Å². The van der Waals surface area contributed by atoms with Gasteiger partial charge in [-0.2, -0.15) is 5.26 Å². The molecule has 0 fully saturated rings. The summed E-state index contributed by atoms with van der Waals surface area (Å²) in [6.07, 6.45) is 0. The molecular weight excluding hydrogens is 316 g/mol. The molecule has 0 saturated carbocycles. The fourth-order valence-corrected chi connectivity index (χ4v) is 2.78. The summed E-state index contributed by atoms with van der Waals surface area (Å²) in [6, 6.07) is 7.09. The monoisotopic (exact) mass is 332 g/mol. The molecule has 1 heterocycles. The number of benzene rings is 1. The summed E-state index contributed by atoms with van der Waals surface area (Å²) in [6.45, 7) is 3.80. The van der Waals surface area contributed by atoms with Gasteiger partial charge in [-0.3, -0.25) is 0 Å². The van der Waals surface area contributed by atoms with Gasteiger partial charge in [-0.05, 0) is 25.1 Å². The van der Waals surface area contributed by atoms with E-state index in [2.05, 4.69) is 11.1 Å². The molecule has 1 aromatic heterocycles. The number of aliphatic hydroxyl groups excluding tert-OH is 1. The normalized spacial score (nSPS) is 11.7. The molecule has 0 saturated heterocycles. The number of carboxylic acids is 1. The Morgan fingerprint density at radius 3 is 2.83 bits per heavy atom. The summed E-state index contributed by atoms with van der Waals surface area (Å²) in [5.41, 5.74) is 1.47. The van der Waals surface area contributed by atoms with E-state index >= 15 is 0 Å². The van der Waals surface area contributed by atoms with Crippen LogP contribution in [0.3, 0.4) is 0 Å². The van der Waals surface area contributed by atoms with E-state index in [9.17, 15) is 10.1 Å². The van der Waals surface area contributed by atoms with Crippen LogP contribution in [0.2, 0.25) is 0 Å². The SMILES string of the molecule is Cc1nc(-c2ccc(OC[C@@H](C)CO)c(C#N)c2)sc1C(=O)O. The van der Waals surface area contributed by atoms with E-state index in [0.29, 0.717) is 34.2 Å². The third-order valence-electron chi connectivity index (χ3n) is 3.17. The zero-order chi connectivity index (χ0) is 17.0. The van der Waals surface area contributed by atoms with E-state index in [1.54, 1.807) is 25.1 Å². The number of hydrogen-bond donors (Lipinski definition) is 2. The van der Waals surface area contributed by atoms with Crippen molar-refractivity contribution >= 4 is 17.3 Å². The van der Waals surface area contributed by atoms with Crippen LogP contribution in [0.4, 0.5) is 0 Å². The van der Waals surface area contributed by atoms with Crippen molar-refractivity contribution in [3.8, 4) is 22.4 Å². The number of aryl methyl sites for hydroxylation is 1. The Morgan fingerprint density at radius 2 is 2.26 bits per heavy atom. The van der Waals surface area contributed by atoms with Crippen molar-refractivity contribution < 1.29 is 19.7 Å². The molecule has 0 spiro atoms. The molecule has 0 aliphatic heterocycles. The van der Waals surface area contributed by atoms with Crippen molar-refractivity contribution in [1.29, 1.82) is 5.26 Å². The van der Waals surface area contributed by atoms with Crippen molar-refractivity contribution in [2.24, 2.45) is 5.92 Å². The molecule has 2 rings (SSSR count). The van der Waals surface area contributed by atoms with E-state index in [1.807, 2.05) is 6.92 Å². The van der Waals surface area contributed by atoms with Gasteiger partial charge in [0.1, 0.15) is 21.7 Å². The fourth-order valence-electron chi connectivity index (χ4n) is 1.88. The highest BCUT2D eigenvalue weighted by atomic mass is 32.1. The molecule has 7 heteroatoms. The second kappa shape index (κ2) is 7.22. The molecule has 0 unspecified atom stereocenters. The zero-order valence-corrected chi connectivity index (χ0v) is 13.6. The fraction of sp³-hybridized carbons (Fsp3) is 0.312. The second-order valence-electron chi connectivity index (χ2n) is 5.16. The van der Waals surface area contributed by atoms with Gasteiger partial charge in [-0.25, -0.2) is 9.78 Å². The number of aliphatic hydroxyl groups is 1. The predicted octanol–water partition coefficient (Wildman–Crippen LogP) is 2.70. The minimum absolute atomic E-state index is 0.0102. The zero-order valence-electron chi connectivity index (χ0n) is 12.7. The Kier molecular flexibility index (Phi) is 5.32. The Labute approximate surface area is 137 Å². The Balaban J connectivity index is 2.30. The highest BCUT2D eigenvalue weighted by Crippen LogP contribution is 2.31. The van der Waals surface area contributed by atoms with Crippen LogP contribution in [0.25, 0.3) is 10.6 Å². The highest BCUT2D eigenvalue weighted by Gasteiger charge is 2.16. The van der Waals surface area contributed by atoms with Gasteiger partial charge in [-0.1, -0.05) is 6.92 Å². The van der Waals surface area contributed by atoms with Gasteiger partial charge >= 0.3 is 5.97 Å². The smallest absolute Gasteiger partial charge is 0.347 e. The number of hydrogen-bond acceptors (Lipinski definition) is 6. The van der Waals surface area contributed by atoms with Crippen molar-refractivity contribution in [2.75, 3.05) is 13.2 Å². The maximum absolute atomic E-state index is 11.1. The number of carboxylic acid groups (broad SMARTS) is 1. The molecule has 0 radical (unpaired) electrons. The van der Waals surface area contributed by atoms with Crippen molar-refractivity contribution in [1.82, 2.24) is 4.98 Å². The molecule has 120 valence electrons. The molecule has 0 amide bonds. The van der Waals surface area contributed by atoms with Gasteiger partial charge in [0.2, 0.25) is 0 Å². The van der Waals surface area contributed by atoms with Crippen LogP contribution in [0.15, 0.2) is 18.2 Å². The summed E-state index contributed by atoms with van der Waals surface area (Å²) in [5, 5.41) is 27.9. The lowest BCUT2D eigenvalue weighted by molar-refractivity contribution is 0.0701. The number of carbonyl (C=O) groups is 1. The van der Waals surface area contributed by atoms with Crippen LogP contribution in [0.1, 0.15) is 27.9 Å². The Bertz CT molecular complexity index is 764. The van der Waals surface area contributed by atoms with Crippen LogP contribution >= 0.6 is 11.3 Å². The van der Waals surface area contributed by atoms with Crippen LogP contribution in [-0.4, -0.2) is 34.4 Å². The molecule has 1 atom stereocenters. The molecule has 0 aliphatic rings. The van der Waals surface area contributed by atoms with Gasteiger partial charge in [0.15, 0.2) is 0 Å². The lowest BCUT2D eigenvalue weighted by Gasteiger charge is -2.12. The Hall–Kier alpha value is -2.43. The van der Waals surface area contributed by atoms with Crippen LogP contribution in [-0.2, 0) is 0 Å². The molecule has 23 heavy (non-hydrogen) atoms. The third kappa shape index (κ3) is 3.86. The number of rotatable bonds is 6. The first-order chi connectivity index (χ1) is 11.0. The number of nitrogens with zero attached hydrogens (tertiary/aromatic N) is 2. The molecule has 2 N–H and O–H groups in total. The minimum atomic E-state index is -1.01. The number of ether oxygens (including phenoxy) is 1. The van der Waals surface area contributed by atoms with E-state index < -0.39 is 5.97 Å². The van der Waals surface area contributed by atoms with Crippen molar-refractivity contribution in [2.45, 2.75) is 13.8 Å². The summed E-state index contributed by atoms with van der Waals surface area (Å²) in [7, 11) is 0. The number of aromatic nitrogens is 1. The molecular formula is C16H16N2O4S. The molecule has 6 nitrogen and oxygen atoms in total. The standard InChI is InChI=1S/C16H16N2O4S/c1-9(7-19)8-22-13-4-3-11(5-12(13)6-17)15-18-10(2)14(23-15)16(20)21/h3-5,9,19H,7-8H2,1-2H3,(H,20,21)/t9-/m0/s1. The number of aromatic carboxylic acids is 1. The first kappa shape index (κ1) is 16.9. The lowest BCUT2D eigenvalue weighted by Crippen LogP contribution is -2.12. The van der Waals surface area contributed by atoms with E-state index in [4.69, 9.17) is 14.9 Å². The van der Waals surface area contributed by atoms with Crippen LogP contribution < -0.4 is 4.74 Å². The lowest BCUT2D eigenvalue weighted by atomic mass is 10.1. The van der Waals surface area contributed by atoms with E-state index in [1.165, 1.54) is 0 Å². The topological polar surface area (TPSA) is 103 Å².